The lowest BCUT2D eigenvalue weighted by Crippen LogP contribution is -2.24. The van der Waals surface area contributed by atoms with E-state index in [1.807, 2.05) is 0 Å². The van der Waals surface area contributed by atoms with E-state index in [1.165, 1.54) is 0 Å². The molecule has 1 nitrogen and oxygen atoms in total. The van der Waals surface area contributed by atoms with Crippen molar-refractivity contribution in [2.45, 2.75) is 31.6 Å². The lowest BCUT2D eigenvalue weighted by atomic mass is 10.1. The topological polar surface area (TPSA) is 20.2 Å². The first-order valence-corrected chi connectivity index (χ1v) is 3.13. The molecule has 0 amide bonds. The minimum absolute atomic E-state index is 0.570. The highest BCUT2D eigenvalue weighted by atomic mass is 19.3. The molecule has 0 aliphatic carbocycles. The summed E-state index contributed by atoms with van der Waals surface area (Å²) in [7, 11) is 0. The van der Waals surface area contributed by atoms with Gasteiger partial charge in [-0.15, -0.1) is 0 Å². The Kier molecular flexibility index (Phi) is 3.29. The number of alkyl halides is 4. The third-order valence-corrected chi connectivity index (χ3v) is 1.16. The van der Waals surface area contributed by atoms with Crippen LogP contribution in [-0.4, -0.2) is 23.6 Å². The maximum Gasteiger partial charge on any atom is 0.270 e. The van der Waals surface area contributed by atoms with Crippen molar-refractivity contribution in [2.75, 3.05) is 6.61 Å². The van der Waals surface area contributed by atoms with Crippen LogP contribution in [0.1, 0.15) is 19.8 Å². The minimum Gasteiger partial charge on any atom is -0.390 e. The van der Waals surface area contributed by atoms with Gasteiger partial charge >= 0.3 is 0 Å². The summed E-state index contributed by atoms with van der Waals surface area (Å²) in [6.45, 7) is -0.802. The fourth-order valence-electron chi connectivity index (χ4n) is 0.481. The minimum atomic E-state index is -3.38. The number of hydrogen-bond donors (Lipinski definition) is 1. The van der Waals surface area contributed by atoms with Crippen LogP contribution in [0.4, 0.5) is 17.6 Å². The summed E-state index contributed by atoms with van der Waals surface area (Å²) in [6, 6.07) is 0. The molecule has 0 unspecified atom stereocenters. The number of halogens is 4. The lowest BCUT2D eigenvalue weighted by molar-refractivity contribution is -0.0826. The molecule has 0 bridgehead atoms. The Morgan fingerprint density at radius 1 is 1.09 bits per heavy atom. The average molecular weight is 174 g/mol. The van der Waals surface area contributed by atoms with E-state index in [0.717, 1.165) is 0 Å². The zero-order valence-electron chi connectivity index (χ0n) is 6.08. The molecule has 1 N–H and O–H groups in total. The van der Waals surface area contributed by atoms with Gasteiger partial charge in [0.05, 0.1) is 0 Å². The predicted octanol–water partition coefficient (Wildman–Crippen LogP) is 2.05. The lowest BCUT2D eigenvalue weighted by Gasteiger charge is -2.15. The second-order valence-electron chi connectivity index (χ2n) is 2.58. The van der Waals surface area contributed by atoms with Crippen LogP contribution in [-0.2, 0) is 0 Å². The van der Waals surface area contributed by atoms with Crippen LogP contribution in [0.2, 0.25) is 0 Å². The Hall–Kier alpha value is -0.320. The summed E-state index contributed by atoms with van der Waals surface area (Å²) < 4.78 is 48.1. The highest BCUT2D eigenvalue weighted by molar-refractivity contribution is 4.68. The van der Waals surface area contributed by atoms with Crippen LogP contribution in [0.25, 0.3) is 0 Å². The van der Waals surface area contributed by atoms with E-state index in [9.17, 15) is 17.6 Å². The Morgan fingerprint density at radius 3 is 1.82 bits per heavy atom. The highest BCUT2D eigenvalue weighted by Crippen LogP contribution is 2.26. The van der Waals surface area contributed by atoms with Crippen LogP contribution in [0.5, 0.6) is 0 Å². The standard InChI is InChI=1S/C6H10F4O/c1-5(7,8)2-3-6(9,10)4-11/h11H,2-4H2,1H3. The molecule has 0 radical (unpaired) electrons. The van der Waals surface area contributed by atoms with E-state index in [2.05, 4.69) is 0 Å². The number of hydrogen-bond acceptors (Lipinski definition) is 1. The van der Waals surface area contributed by atoms with Crippen LogP contribution in [0.15, 0.2) is 0 Å². The molecule has 0 spiro atoms. The highest BCUT2D eigenvalue weighted by Gasteiger charge is 2.32. The molecule has 0 aromatic carbocycles. The SMILES string of the molecule is CC(F)(F)CCC(F)(F)CO. The molecule has 0 aliphatic heterocycles. The van der Waals surface area contributed by atoms with Gasteiger partial charge in [-0.25, -0.2) is 17.6 Å². The molecule has 0 saturated heterocycles. The van der Waals surface area contributed by atoms with Crippen molar-refractivity contribution in [3.05, 3.63) is 0 Å². The summed E-state index contributed by atoms with van der Waals surface area (Å²) in [6.07, 6.45) is -1.88. The first-order chi connectivity index (χ1) is 4.77. The normalized spacial score (nSPS) is 13.6. The van der Waals surface area contributed by atoms with E-state index >= 15 is 0 Å². The number of aliphatic hydroxyl groups excluding tert-OH is 1. The Balaban J connectivity index is 3.70. The van der Waals surface area contributed by atoms with Gasteiger partial charge in [0.15, 0.2) is 0 Å². The van der Waals surface area contributed by atoms with E-state index in [4.69, 9.17) is 5.11 Å². The first-order valence-electron chi connectivity index (χ1n) is 3.13. The summed E-state index contributed by atoms with van der Waals surface area (Å²) in [4.78, 5) is 0. The van der Waals surface area contributed by atoms with E-state index in [1.54, 1.807) is 0 Å². The largest absolute Gasteiger partial charge is 0.390 e. The molecule has 68 valence electrons. The van der Waals surface area contributed by atoms with Crippen molar-refractivity contribution < 1.29 is 22.7 Å². The summed E-state index contributed by atoms with van der Waals surface area (Å²) in [5.74, 6) is -6.46. The van der Waals surface area contributed by atoms with Crippen molar-refractivity contribution in [3.63, 3.8) is 0 Å². The molecule has 0 heterocycles. The second-order valence-corrected chi connectivity index (χ2v) is 2.58. The molecule has 0 aliphatic rings. The van der Waals surface area contributed by atoms with Gasteiger partial charge < -0.3 is 5.11 Å². The fraction of sp³-hybridized carbons (Fsp3) is 1.00. The van der Waals surface area contributed by atoms with Gasteiger partial charge in [0.1, 0.15) is 6.61 Å². The van der Waals surface area contributed by atoms with Gasteiger partial charge in [0.25, 0.3) is 5.92 Å². The third-order valence-electron chi connectivity index (χ3n) is 1.16. The molecule has 0 aromatic heterocycles. The first kappa shape index (κ1) is 10.7. The Bertz CT molecular complexity index is 118. The quantitative estimate of drug-likeness (QED) is 0.646. The molecule has 5 heteroatoms. The summed E-state index contributed by atoms with van der Waals surface area (Å²) in [5.41, 5.74) is 0. The fourth-order valence-corrected chi connectivity index (χ4v) is 0.481. The Morgan fingerprint density at radius 2 is 1.55 bits per heavy atom. The van der Waals surface area contributed by atoms with Gasteiger partial charge in [-0.2, -0.15) is 0 Å². The predicted molar refractivity (Wildman–Crippen MR) is 31.9 cm³/mol. The van der Waals surface area contributed by atoms with Gasteiger partial charge in [0.2, 0.25) is 5.92 Å². The molecule has 11 heavy (non-hydrogen) atoms. The van der Waals surface area contributed by atoms with Crippen LogP contribution >= 0.6 is 0 Å². The van der Waals surface area contributed by atoms with Gasteiger partial charge in [-0.1, -0.05) is 0 Å². The maximum absolute atomic E-state index is 12.1. The molecular weight excluding hydrogens is 164 g/mol. The number of aliphatic hydroxyl groups is 1. The molecule has 0 saturated carbocycles. The van der Waals surface area contributed by atoms with Crippen LogP contribution in [0.3, 0.4) is 0 Å². The van der Waals surface area contributed by atoms with E-state index < -0.39 is 31.3 Å². The maximum atomic E-state index is 12.1. The third kappa shape index (κ3) is 6.09. The van der Waals surface area contributed by atoms with Crippen molar-refractivity contribution in [2.24, 2.45) is 0 Å². The monoisotopic (exact) mass is 174 g/mol. The summed E-state index contributed by atoms with van der Waals surface area (Å²) >= 11 is 0. The molecule has 0 rings (SSSR count). The number of rotatable bonds is 4. The van der Waals surface area contributed by atoms with Crippen molar-refractivity contribution >= 4 is 0 Å². The van der Waals surface area contributed by atoms with Crippen molar-refractivity contribution in [1.82, 2.24) is 0 Å². The van der Waals surface area contributed by atoms with E-state index in [-0.39, 0.29) is 0 Å². The van der Waals surface area contributed by atoms with E-state index in [0.29, 0.717) is 6.92 Å². The van der Waals surface area contributed by atoms with Crippen molar-refractivity contribution in [3.8, 4) is 0 Å². The van der Waals surface area contributed by atoms with Gasteiger partial charge in [0, 0.05) is 12.8 Å². The van der Waals surface area contributed by atoms with Crippen LogP contribution < -0.4 is 0 Å². The van der Waals surface area contributed by atoms with Gasteiger partial charge in [-0.3, -0.25) is 0 Å². The van der Waals surface area contributed by atoms with Gasteiger partial charge in [-0.05, 0) is 6.92 Å². The molecular formula is C6H10F4O. The second kappa shape index (κ2) is 3.38. The molecule has 0 atom stereocenters. The smallest absolute Gasteiger partial charge is 0.270 e. The summed E-state index contributed by atoms with van der Waals surface area (Å²) in [5, 5.41) is 8.00. The average Bonchev–Trinajstić information content (AvgIpc) is 1.83. The molecule has 0 fully saturated rings. The van der Waals surface area contributed by atoms with Crippen molar-refractivity contribution in [1.29, 1.82) is 0 Å². The zero-order valence-corrected chi connectivity index (χ0v) is 6.08. The van der Waals surface area contributed by atoms with Crippen LogP contribution in [0, 0.1) is 0 Å². The zero-order chi connectivity index (χ0) is 9.12. The Labute approximate surface area is 62.0 Å². The molecule has 0 aromatic rings.